The van der Waals surface area contributed by atoms with Crippen molar-refractivity contribution in [2.24, 2.45) is 0 Å². The van der Waals surface area contributed by atoms with Crippen LogP contribution in [0.1, 0.15) is 12.5 Å². The summed E-state index contributed by atoms with van der Waals surface area (Å²) in [4.78, 5) is 11.2. The molecule has 18 heavy (non-hydrogen) atoms. The lowest BCUT2D eigenvalue weighted by Gasteiger charge is -2.16. The van der Waals surface area contributed by atoms with Gasteiger partial charge >= 0.3 is 6.18 Å². The molecule has 1 aromatic carbocycles. The Hall–Kier alpha value is -1.43. The van der Waals surface area contributed by atoms with Crippen LogP contribution in [0.2, 0.25) is 5.02 Å². The number of nitrogens with one attached hydrogen (secondary N) is 2. The molecule has 1 unspecified atom stereocenters. The normalized spacial score (nSPS) is 13.0. The lowest BCUT2D eigenvalue weighted by atomic mass is 10.1. The zero-order valence-electron chi connectivity index (χ0n) is 9.73. The van der Waals surface area contributed by atoms with Gasteiger partial charge in [0.1, 0.15) is 6.04 Å². The smallest absolute Gasteiger partial charge is 0.374 e. The third-order valence-corrected chi connectivity index (χ3v) is 2.62. The van der Waals surface area contributed by atoms with Crippen LogP contribution in [0, 0.1) is 0 Å². The number of amides is 1. The Labute approximate surface area is 107 Å². The molecule has 0 bridgehead atoms. The van der Waals surface area contributed by atoms with Crippen LogP contribution in [0.5, 0.6) is 0 Å². The van der Waals surface area contributed by atoms with Crippen molar-refractivity contribution in [3.8, 4) is 0 Å². The zero-order valence-corrected chi connectivity index (χ0v) is 10.5. The fraction of sp³-hybridized carbons (Fsp3) is 0.364. The van der Waals surface area contributed by atoms with Gasteiger partial charge in [-0.2, -0.15) is 13.2 Å². The van der Waals surface area contributed by atoms with Gasteiger partial charge in [-0.25, -0.2) is 0 Å². The molecule has 2 N–H and O–H groups in total. The molecule has 0 aliphatic heterocycles. The van der Waals surface area contributed by atoms with Gasteiger partial charge in [0, 0.05) is 12.7 Å². The first-order chi connectivity index (χ1) is 8.25. The van der Waals surface area contributed by atoms with Crippen molar-refractivity contribution >= 4 is 23.2 Å². The Morgan fingerprint density at radius 3 is 2.50 bits per heavy atom. The molecule has 0 aliphatic carbocycles. The molecule has 0 spiro atoms. The fourth-order valence-corrected chi connectivity index (χ4v) is 1.59. The van der Waals surface area contributed by atoms with E-state index in [1.165, 1.54) is 13.1 Å². The third-order valence-electron chi connectivity index (χ3n) is 2.29. The van der Waals surface area contributed by atoms with Gasteiger partial charge < -0.3 is 10.6 Å². The van der Waals surface area contributed by atoms with Gasteiger partial charge in [-0.3, -0.25) is 4.79 Å². The predicted octanol–water partition coefficient (Wildman–Crippen LogP) is 2.91. The number of rotatable bonds is 3. The van der Waals surface area contributed by atoms with Crippen LogP contribution >= 0.6 is 11.6 Å². The van der Waals surface area contributed by atoms with Crippen LogP contribution in [0.15, 0.2) is 18.2 Å². The van der Waals surface area contributed by atoms with Gasteiger partial charge in [-0.15, -0.1) is 0 Å². The molecule has 0 heterocycles. The summed E-state index contributed by atoms with van der Waals surface area (Å²) in [7, 11) is 1.45. The van der Waals surface area contributed by atoms with E-state index in [2.05, 4.69) is 10.6 Å². The summed E-state index contributed by atoms with van der Waals surface area (Å²) >= 11 is 5.48. The van der Waals surface area contributed by atoms with Crippen LogP contribution in [-0.2, 0) is 11.0 Å². The summed E-state index contributed by atoms with van der Waals surface area (Å²) in [6, 6.07) is 2.76. The number of anilines is 1. The van der Waals surface area contributed by atoms with Crippen LogP contribution in [0.4, 0.5) is 18.9 Å². The maximum atomic E-state index is 12.6. The molecular formula is C11H12ClF3N2O. The number of hydrogen-bond donors (Lipinski definition) is 2. The van der Waals surface area contributed by atoms with Gasteiger partial charge in [-0.1, -0.05) is 11.6 Å². The number of carbonyl (C=O) groups is 1. The van der Waals surface area contributed by atoms with E-state index in [9.17, 15) is 18.0 Å². The molecule has 1 rings (SSSR count). The van der Waals surface area contributed by atoms with Gasteiger partial charge in [0.15, 0.2) is 0 Å². The van der Waals surface area contributed by atoms with Gasteiger partial charge in [0.25, 0.3) is 0 Å². The van der Waals surface area contributed by atoms with Crippen molar-refractivity contribution in [3.05, 3.63) is 28.8 Å². The maximum absolute atomic E-state index is 12.6. The van der Waals surface area contributed by atoms with E-state index in [0.29, 0.717) is 0 Å². The molecule has 0 saturated carbocycles. The molecule has 0 aromatic heterocycles. The molecule has 100 valence electrons. The molecule has 3 nitrogen and oxygen atoms in total. The SMILES string of the molecule is CNC(=O)C(C)Nc1ccc(Cl)c(C(F)(F)F)c1. The van der Waals surface area contributed by atoms with Crippen LogP contribution in [-0.4, -0.2) is 19.0 Å². The summed E-state index contributed by atoms with van der Waals surface area (Å²) in [5.74, 6) is -0.321. The summed E-state index contributed by atoms with van der Waals surface area (Å²) in [6.45, 7) is 1.54. The monoisotopic (exact) mass is 280 g/mol. The van der Waals surface area contributed by atoms with Crippen molar-refractivity contribution in [2.75, 3.05) is 12.4 Å². The largest absolute Gasteiger partial charge is 0.417 e. The van der Waals surface area contributed by atoms with E-state index in [1.807, 2.05) is 0 Å². The van der Waals surface area contributed by atoms with Crippen LogP contribution in [0.25, 0.3) is 0 Å². The maximum Gasteiger partial charge on any atom is 0.417 e. The number of hydrogen-bond acceptors (Lipinski definition) is 2. The van der Waals surface area contributed by atoms with Crippen molar-refractivity contribution in [3.63, 3.8) is 0 Å². The summed E-state index contributed by atoms with van der Waals surface area (Å²) in [6.07, 6.45) is -4.52. The van der Waals surface area contributed by atoms with E-state index >= 15 is 0 Å². The quantitative estimate of drug-likeness (QED) is 0.894. The molecule has 0 saturated heterocycles. The Balaban J connectivity index is 2.96. The van der Waals surface area contributed by atoms with E-state index in [1.54, 1.807) is 6.92 Å². The molecule has 1 atom stereocenters. The second-order valence-electron chi connectivity index (χ2n) is 3.67. The Bertz CT molecular complexity index is 448. The first-order valence-corrected chi connectivity index (χ1v) is 5.48. The number of likely N-dealkylation sites (N-methyl/N-ethyl adjacent to an activating group) is 1. The number of benzene rings is 1. The minimum atomic E-state index is -4.52. The molecular weight excluding hydrogens is 269 g/mol. The highest BCUT2D eigenvalue weighted by molar-refractivity contribution is 6.31. The summed E-state index contributed by atoms with van der Waals surface area (Å²) in [5.41, 5.74) is -0.749. The van der Waals surface area contributed by atoms with Crippen molar-refractivity contribution in [1.29, 1.82) is 0 Å². The number of halogens is 4. The summed E-state index contributed by atoms with van der Waals surface area (Å²) < 4.78 is 37.8. The molecule has 0 aliphatic rings. The highest BCUT2D eigenvalue weighted by Gasteiger charge is 2.33. The first kappa shape index (κ1) is 14.6. The average molecular weight is 281 g/mol. The van der Waals surface area contributed by atoms with E-state index in [0.717, 1.165) is 12.1 Å². The second-order valence-corrected chi connectivity index (χ2v) is 4.08. The third kappa shape index (κ3) is 3.53. The van der Waals surface area contributed by atoms with Crippen molar-refractivity contribution < 1.29 is 18.0 Å². The standard InChI is InChI=1S/C11H12ClF3N2O/c1-6(10(18)16-2)17-7-3-4-9(12)8(5-7)11(13,14)15/h3-6,17H,1-2H3,(H,16,18). The highest BCUT2D eigenvalue weighted by Crippen LogP contribution is 2.36. The van der Waals surface area contributed by atoms with Crippen molar-refractivity contribution in [1.82, 2.24) is 5.32 Å². The van der Waals surface area contributed by atoms with Gasteiger partial charge in [0.05, 0.1) is 10.6 Å². The number of alkyl halides is 3. The Morgan fingerprint density at radius 1 is 1.39 bits per heavy atom. The minimum Gasteiger partial charge on any atom is -0.374 e. The van der Waals surface area contributed by atoms with Crippen LogP contribution < -0.4 is 10.6 Å². The van der Waals surface area contributed by atoms with E-state index in [-0.39, 0.29) is 16.6 Å². The van der Waals surface area contributed by atoms with Crippen LogP contribution in [0.3, 0.4) is 0 Å². The zero-order chi connectivity index (χ0) is 13.9. The Morgan fingerprint density at radius 2 is 2.00 bits per heavy atom. The molecule has 0 radical (unpaired) electrons. The van der Waals surface area contributed by atoms with E-state index in [4.69, 9.17) is 11.6 Å². The van der Waals surface area contributed by atoms with Gasteiger partial charge in [-0.05, 0) is 25.1 Å². The minimum absolute atomic E-state index is 0.183. The topological polar surface area (TPSA) is 41.1 Å². The molecule has 1 amide bonds. The van der Waals surface area contributed by atoms with Gasteiger partial charge in [0.2, 0.25) is 5.91 Å². The Kier molecular flexibility index (Phi) is 4.45. The first-order valence-electron chi connectivity index (χ1n) is 5.10. The fourth-order valence-electron chi connectivity index (χ4n) is 1.36. The number of carbonyl (C=O) groups excluding carboxylic acids is 1. The highest BCUT2D eigenvalue weighted by atomic mass is 35.5. The lowest BCUT2D eigenvalue weighted by Crippen LogP contribution is -2.35. The summed E-state index contributed by atoms with van der Waals surface area (Å²) in [5, 5.41) is 4.68. The lowest BCUT2D eigenvalue weighted by molar-refractivity contribution is -0.137. The molecule has 7 heteroatoms. The molecule has 1 aromatic rings. The van der Waals surface area contributed by atoms with Crippen molar-refractivity contribution in [2.45, 2.75) is 19.1 Å². The van der Waals surface area contributed by atoms with E-state index < -0.39 is 17.8 Å². The predicted molar refractivity (Wildman–Crippen MR) is 63.6 cm³/mol. The molecule has 0 fully saturated rings. The average Bonchev–Trinajstić information content (AvgIpc) is 2.29. The second kappa shape index (κ2) is 5.48.